The van der Waals surface area contributed by atoms with Gasteiger partial charge in [0.15, 0.2) is 0 Å². The fraction of sp³-hybridized carbons (Fsp3) is 0. The molecule has 0 fully saturated rings. The average Bonchev–Trinajstić information content (AvgIpc) is 0.722. The van der Waals surface area contributed by atoms with Crippen molar-refractivity contribution in [2.24, 2.45) is 0 Å². The maximum absolute atomic E-state index is 9.88. The normalized spacial score (nSPS) is 6.67. The summed E-state index contributed by atoms with van der Waals surface area (Å²) in [5, 5.41) is 0. The molecule has 0 saturated heterocycles. The Bertz CT molecular complexity index is 28.0. The molecule has 0 spiro atoms. The van der Waals surface area contributed by atoms with E-state index < -0.39 is 15.1 Å². The molecule has 0 aromatic carbocycles. The van der Waals surface area contributed by atoms with Crippen molar-refractivity contribution in [2.75, 3.05) is 0 Å². The number of hydrogen-bond donors (Lipinski definition) is 0. The Morgan fingerprint density at radius 1 is 0.556 bits per heavy atom. The molecule has 0 amide bonds. The van der Waals surface area contributed by atoms with Crippen molar-refractivity contribution in [1.82, 2.24) is 0 Å². The first-order chi connectivity index (χ1) is 2.00. The molecule has 0 saturated carbocycles. The van der Waals surface area contributed by atoms with Crippen molar-refractivity contribution in [2.45, 2.75) is 0 Å². The van der Waals surface area contributed by atoms with E-state index in [9.17, 15) is 14.0 Å². The van der Waals surface area contributed by atoms with Gasteiger partial charge < -0.3 is 21.9 Å². The van der Waals surface area contributed by atoms with Crippen molar-refractivity contribution in [3.8, 4) is 0 Å². The van der Waals surface area contributed by atoms with Gasteiger partial charge in [0, 0.05) is 0 Å². The third-order valence-electron chi connectivity index (χ3n) is 0. The molecule has 0 bridgehead atoms. The van der Waals surface area contributed by atoms with Gasteiger partial charge in [0.25, 0.3) is 0 Å². The molecule has 0 heterocycles. The van der Waals surface area contributed by atoms with Gasteiger partial charge in [-0.1, -0.05) is 0 Å². The molecule has 0 aromatic rings. The zero-order valence-electron chi connectivity index (χ0n) is 4.01. The van der Waals surface area contributed by atoms with Crippen LogP contribution in [-0.2, 0) is 0 Å². The van der Waals surface area contributed by atoms with Crippen LogP contribution in [0.3, 0.4) is 0 Å². The number of rotatable bonds is 0. The third kappa shape index (κ3) is 28500. The quantitative estimate of drug-likeness (QED) is 0.331. The molecule has 8 N–H and O–H groups in total. The zero-order valence-corrected chi connectivity index (χ0v) is 6.11. The molecule has 0 rings (SSSR count). The summed E-state index contributed by atoms with van der Waals surface area (Å²) in [5.74, 6) is 0. The third-order valence-corrected chi connectivity index (χ3v) is 0. The van der Waals surface area contributed by atoms with Gasteiger partial charge in [-0.3, -0.25) is 0 Å². The molecule has 0 aliphatic rings. The van der Waals surface area contributed by atoms with Gasteiger partial charge in [-0.25, -0.2) is 0 Å². The molecule has 64 valence electrons. The summed E-state index contributed by atoms with van der Waals surface area (Å²) in [7, 11) is 0. The minimum atomic E-state index is -7.00. The van der Waals surface area contributed by atoms with E-state index in [1.54, 1.807) is 0 Å². The fourth-order valence-electron chi connectivity index (χ4n) is 0. The Hall–Kier alpha value is 0.103. The van der Waals surface area contributed by atoms with Crippen LogP contribution in [0.4, 0.5) is 14.0 Å². The van der Waals surface area contributed by atoms with Crippen LogP contribution in [0.1, 0.15) is 0 Å². The van der Waals surface area contributed by atoms with Gasteiger partial charge in [-0.15, -0.1) is 0 Å². The number of hydrogen-bond acceptors (Lipinski definition) is 0. The van der Waals surface area contributed by atoms with Gasteiger partial charge >= 0.3 is 29.1 Å². The van der Waals surface area contributed by atoms with Crippen LogP contribution in [0, 0.1) is 0 Å². The predicted molar refractivity (Wildman–Crippen MR) is 24.6 cm³/mol. The molecular weight excluding hydrogens is 213 g/mol. The summed E-state index contributed by atoms with van der Waals surface area (Å²) in [4.78, 5) is 0. The van der Waals surface area contributed by atoms with Crippen molar-refractivity contribution in [3.63, 3.8) is 0 Å². The Balaban J connectivity index is -0.0000000133. The van der Waals surface area contributed by atoms with Crippen molar-refractivity contribution in [3.05, 3.63) is 0 Å². The monoisotopic (exact) mass is 222 g/mol. The van der Waals surface area contributed by atoms with Gasteiger partial charge in [-0.2, -0.15) is 0 Å². The van der Waals surface area contributed by atoms with Crippen LogP contribution in [0.25, 0.3) is 0 Å². The standard InChI is InChI=1S/F4Ge.4H2O/c1-5(2,3)4;;;;/h;4*1H2. The van der Waals surface area contributed by atoms with E-state index in [0.29, 0.717) is 0 Å². The summed E-state index contributed by atoms with van der Waals surface area (Å²) < 4.78 is 39.5. The van der Waals surface area contributed by atoms with Gasteiger partial charge in [0.1, 0.15) is 0 Å². The second kappa shape index (κ2) is 11.0. The van der Waals surface area contributed by atoms with Crippen LogP contribution in [0.5, 0.6) is 0 Å². The molecule has 9 heavy (non-hydrogen) atoms. The summed E-state index contributed by atoms with van der Waals surface area (Å²) in [6.07, 6.45) is 0. The van der Waals surface area contributed by atoms with E-state index >= 15 is 0 Å². The van der Waals surface area contributed by atoms with Crippen LogP contribution in [0.2, 0.25) is 0 Å². The summed E-state index contributed by atoms with van der Waals surface area (Å²) in [6.45, 7) is 0. The summed E-state index contributed by atoms with van der Waals surface area (Å²) in [5.41, 5.74) is 0. The Labute approximate surface area is 52.0 Å². The van der Waals surface area contributed by atoms with Gasteiger partial charge in [0.2, 0.25) is 0 Å². The average molecular weight is 221 g/mol. The second-order valence-electron chi connectivity index (χ2n) is 0.429. The SMILES string of the molecule is O.O.O.O.[F][Ge]([F])([F])[F]. The van der Waals surface area contributed by atoms with Crippen molar-refractivity contribution in [1.29, 1.82) is 0 Å². The molecule has 4 nitrogen and oxygen atoms in total. The topological polar surface area (TPSA) is 126 Å². The van der Waals surface area contributed by atoms with E-state index in [-0.39, 0.29) is 21.9 Å². The summed E-state index contributed by atoms with van der Waals surface area (Å²) >= 11 is -7.00. The van der Waals surface area contributed by atoms with Crippen LogP contribution >= 0.6 is 0 Å². The molecule has 9 heteroatoms. The van der Waals surface area contributed by atoms with Crippen LogP contribution in [0.15, 0.2) is 0 Å². The van der Waals surface area contributed by atoms with Crippen molar-refractivity contribution < 1.29 is 35.9 Å². The molecule has 0 aliphatic carbocycles. The molecule has 0 radical (unpaired) electrons. The summed E-state index contributed by atoms with van der Waals surface area (Å²) in [6, 6.07) is 0. The zero-order chi connectivity index (χ0) is 4.50. The maximum atomic E-state index is 9.88. The van der Waals surface area contributed by atoms with Crippen LogP contribution < -0.4 is 0 Å². The molecule has 0 aromatic heterocycles. The Kier molecular flexibility index (Phi) is 43.3. The Morgan fingerprint density at radius 2 is 0.556 bits per heavy atom. The van der Waals surface area contributed by atoms with E-state index in [1.165, 1.54) is 0 Å². The van der Waals surface area contributed by atoms with Crippen LogP contribution in [-0.4, -0.2) is 37.0 Å². The van der Waals surface area contributed by atoms with E-state index in [1.807, 2.05) is 0 Å². The molecule has 0 atom stereocenters. The first kappa shape index (κ1) is 35.5. The minimum absolute atomic E-state index is 0. The first-order valence-corrected chi connectivity index (χ1v) is 3.93. The molecular formula is H8F4GeO4. The van der Waals surface area contributed by atoms with E-state index in [2.05, 4.69) is 0 Å². The van der Waals surface area contributed by atoms with E-state index in [4.69, 9.17) is 0 Å². The predicted octanol–water partition coefficient (Wildman–Crippen LogP) is -2.00. The molecule has 0 aliphatic heterocycles. The van der Waals surface area contributed by atoms with Crippen molar-refractivity contribution >= 4 is 15.1 Å². The first-order valence-electron chi connectivity index (χ1n) is 0.756. The number of halogens is 4. The second-order valence-corrected chi connectivity index (χ2v) is 2.23. The van der Waals surface area contributed by atoms with Gasteiger partial charge in [-0.05, 0) is 0 Å². The molecule has 0 unspecified atom stereocenters. The fourth-order valence-corrected chi connectivity index (χ4v) is 0. The Morgan fingerprint density at radius 3 is 0.556 bits per heavy atom. The van der Waals surface area contributed by atoms with E-state index in [0.717, 1.165) is 0 Å². The van der Waals surface area contributed by atoms with Gasteiger partial charge in [0.05, 0.1) is 0 Å².